The third-order valence-electron chi connectivity index (χ3n) is 4.75. The summed E-state index contributed by atoms with van der Waals surface area (Å²) in [5, 5.41) is 4.86. The molecule has 4 rings (SSSR count). The van der Waals surface area contributed by atoms with E-state index in [9.17, 15) is 26.4 Å². The number of sulfonamides is 1. The van der Waals surface area contributed by atoms with Crippen LogP contribution in [0.5, 0.6) is 0 Å². The Hall–Kier alpha value is -2.25. The molecule has 0 unspecified atom stereocenters. The van der Waals surface area contributed by atoms with Crippen molar-refractivity contribution in [3.63, 3.8) is 0 Å². The van der Waals surface area contributed by atoms with E-state index in [0.717, 1.165) is 27.8 Å². The Morgan fingerprint density at radius 1 is 1.21 bits per heavy atom. The molecule has 0 aliphatic carbocycles. The van der Waals surface area contributed by atoms with Gasteiger partial charge in [-0.1, -0.05) is 35.9 Å². The third-order valence-corrected chi connectivity index (χ3v) is 9.23. The van der Waals surface area contributed by atoms with E-state index in [0.29, 0.717) is 20.6 Å². The van der Waals surface area contributed by atoms with Gasteiger partial charge in [0.15, 0.2) is 0 Å². The zero-order valence-electron chi connectivity index (χ0n) is 16.5. The second-order valence-electron chi connectivity index (χ2n) is 6.94. The molecule has 0 bridgehead atoms. The van der Waals surface area contributed by atoms with Crippen LogP contribution in [0.2, 0.25) is 4.34 Å². The number of thiophene rings is 1. The summed E-state index contributed by atoms with van der Waals surface area (Å²) in [4.78, 5) is 17.0. The van der Waals surface area contributed by atoms with E-state index in [4.69, 9.17) is 11.6 Å². The number of alkyl halides is 3. The van der Waals surface area contributed by atoms with Crippen LogP contribution < -0.4 is 5.32 Å². The standard InChI is InChI=1S/C20H15ClF3N3O3S3/c21-16-7-8-17(32-16)33(29,30)27-9-1-2-15(27)18(28)25-10-14-11-31-19(26-14)12-3-5-13(6-4-12)20(22,23)24/h1-8,11,15H,9-10H2,(H,25,28)/t15-/m0/s1. The van der Waals surface area contributed by atoms with Crippen LogP contribution in [0.4, 0.5) is 13.2 Å². The topological polar surface area (TPSA) is 79.4 Å². The maximum Gasteiger partial charge on any atom is 0.416 e. The Morgan fingerprint density at radius 2 is 1.94 bits per heavy atom. The average Bonchev–Trinajstić information content (AvgIpc) is 3.52. The van der Waals surface area contributed by atoms with E-state index in [2.05, 4.69) is 10.3 Å². The molecule has 2 aromatic heterocycles. The summed E-state index contributed by atoms with van der Waals surface area (Å²) in [7, 11) is -3.89. The first-order valence-electron chi connectivity index (χ1n) is 9.39. The molecule has 1 aliphatic rings. The van der Waals surface area contributed by atoms with Crippen LogP contribution in [-0.2, 0) is 27.5 Å². The largest absolute Gasteiger partial charge is 0.416 e. The average molecular weight is 534 g/mol. The molecule has 0 saturated heterocycles. The highest BCUT2D eigenvalue weighted by molar-refractivity contribution is 7.91. The zero-order chi connectivity index (χ0) is 23.8. The van der Waals surface area contributed by atoms with Gasteiger partial charge in [0.05, 0.1) is 22.1 Å². The van der Waals surface area contributed by atoms with Crippen LogP contribution in [0.15, 0.2) is 58.1 Å². The first-order valence-corrected chi connectivity index (χ1v) is 12.9. The molecule has 13 heteroatoms. The molecule has 0 spiro atoms. The summed E-state index contributed by atoms with van der Waals surface area (Å²) in [6.45, 7) is 0.101. The predicted octanol–water partition coefficient (Wildman–Crippen LogP) is 4.79. The van der Waals surface area contributed by atoms with E-state index in [1.54, 1.807) is 11.5 Å². The van der Waals surface area contributed by atoms with Gasteiger partial charge in [-0.05, 0) is 24.3 Å². The lowest BCUT2D eigenvalue weighted by molar-refractivity contribution is -0.137. The molecular formula is C20H15ClF3N3O3S3. The number of rotatable bonds is 6. The normalized spacial score (nSPS) is 16.9. The summed E-state index contributed by atoms with van der Waals surface area (Å²) < 4.78 is 65.4. The quantitative estimate of drug-likeness (QED) is 0.462. The van der Waals surface area contributed by atoms with Crippen molar-refractivity contribution in [2.45, 2.75) is 23.0 Å². The van der Waals surface area contributed by atoms with Gasteiger partial charge in [0.25, 0.3) is 10.0 Å². The van der Waals surface area contributed by atoms with Gasteiger partial charge in [-0.2, -0.15) is 17.5 Å². The molecule has 1 aliphatic heterocycles. The lowest BCUT2D eigenvalue weighted by Gasteiger charge is -2.22. The lowest BCUT2D eigenvalue weighted by atomic mass is 10.1. The van der Waals surface area contributed by atoms with Crippen LogP contribution in [0.25, 0.3) is 10.6 Å². The summed E-state index contributed by atoms with van der Waals surface area (Å²) in [5.74, 6) is -0.515. The molecule has 6 nitrogen and oxygen atoms in total. The molecule has 33 heavy (non-hydrogen) atoms. The lowest BCUT2D eigenvalue weighted by Crippen LogP contribution is -2.45. The minimum absolute atomic E-state index is 0.0407. The molecule has 1 N–H and O–H groups in total. The molecule has 3 aromatic rings. The van der Waals surface area contributed by atoms with Gasteiger partial charge in [0.2, 0.25) is 5.91 Å². The maximum atomic E-state index is 12.9. The van der Waals surface area contributed by atoms with Gasteiger partial charge in [-0.15, -0.1) is 22.7 Å². The number of aromatic nitrogens is 1. The summed E-state index contributed by atoms with van der Waals surface area (Å²) in [6.07, 6.45) is -1.30. The number of amides is 1. The number of hydrogen-bond acceptors (Lipinski definition) is 6. The van der Waals surface area contributed by atoms with Gasteiger partial charge in [-0.25, -0.2) is 13.4 Å². The highest BCUT2D eigenvalue weighted by Gasteiger charge is 2.37. The van der Waals surface area contributed by atoms with Gasteiger partial charge < -0.3 is 5.32 Å². The Bertz CT molecular complexity index is 1300. The van der Waals surface area contributed by atoms with Crippen molar-refractivity contribution in [1.29, 1.82) is 0 Å². The van der Waals surface area contributed by atoms with Crippen molar-refractivity contribution < 1.29 is 26.4 Å². The molecule has 0 saturated carbocycles. The number of thiazole rings is 1. The SMILES string of the molecule is O=C(NCc1csc(-c2ccc(C(F)(F)F)cc2)n1)[C@@H]1C=CCN1S(=O)(=O)c1ccc(Cl)s1. The van der Waals surface area contributed by atoms with E-state index >= 15 is 0 Å². The van der Waals surface area contributed by atoms with Gasteiger partial charge in [0.1, 0.15) is 15.3 Å². The Morgan fingerprint density at radius 3 is 2.58 bits per heavy atom. The number of benzene rings is 1. The van der Waals surface area contributed by atoms with E-state index in [-0.39, 0.29) is 17.3 Å². The van der Waals surface area contributed by atoms with Gasteiger partial charge >= 0.3 is 6.18 Å². The molecule has 1 aromatic carbocycles. The van der Waals surface area contributed by atoms with Crippen molar-refractivity contribution in [3.8, 4) is 10.6 Å². The molecule has 3 heterocycles. The third kappa shape index (κ3) is 5.14. The number of carbonyl (C=O) groups is 1. The van der Waals surface area contributed by atoms with Crippen molar-refractivity contribution in [1.82, 2.24) is 14.6 Å². The molecule has 0 fully saturated rings. The van der Waals surface area contributed by atoms with Crippen LogP contribution in [0, 0.1) is 0 Å². The van der Waals surface area contributed by atoms with E-state index in [1.165, 1.54) is 41.7 Å². The summed E-state index contributed by atoms with van der Waals surface area (Å²) in [6, 6.07) is 6.52. The second kappa shape index (κ2) is 9.18. The highest BCUT2D eigenvalue weighted by atomic mass is 35.5. The zero-order valence-corrected chi connectivity index (χ0v) is 19.7. The predicted molar refractivity (Wildman–Crippen MR) is 121 cm³/mol. The van der Waals surface area contributed by atoms with E-state index in [1.807, 2.05) is 0 Å². The summed E-state index contributed by atoms with van der Waals surface area (Å²) >= 11 is 7.99. The first-order chi connectivity index (χ1) is 15.6. The van der Waals surface area contributed by atoms with Crippen LogP contribution in [0.3, 0.4) is 0 Å². The van der Waals surface area contributed by atoms with Crippen LogP contribution >= 0.6 is 34.3 Å². The number of carbonyl (C=O) groups excluding carboxylic acids is 1. The smallest absolute Gasteiger partial charge is 0.349 e. The van der Waals surface area contributed by atoms with E-state index < -0.39 is 33.7 Å². The van der Waals surface area contributed by atoms with Crippen molar-refractivity contribution in [2.75, 3.05) is 6.54 Å². The fourth-order valence-corrected chi connectivity index (χ4v) is 7.06. The molecular weight excluding hydrogens is 519 g/mol. The van der Waals surface area contributed by atoms with Gasteiger partial charge in [0, 0.05) is 17.5 Å². The summed E-state index contributed by atoms with van der Waals surface area (Å²) in [5.41, 5.74) is 0.282. The number of nitrogens with zero attached hydrogens (tertiary/aromatic N) is 2. The number of nitrogens with one attached hydrogen (secondary N) is 1. The first kappa shape index (κ1) is 23.9. The second-order valence-corrected chi connectivity index (χ2v) is 11.6. The molecule has 0 radical (unpaired) electrons. The highest BCUT2D eigenvalue weighted by Crippen LogP contribution is 2.32. The fraction of sp³-hybridized carbons (Fsp3) is 0.200. The Labute approximate surface area is 200 Å². The van der Waals surface area contributed by atoms with Crippen LogP contribution in [0.1, 0.15) is 11.3 Å². The molecule has 1 amide bonds. The monoisotopic (exact) mass is 533 g/mol. The van der Waals surface area contributed by atoms with Crippen molar-refractivity contribution in [2.24, 2.45) is 0 Å². The van der Waals surface area contributed by atoms with Crippen molar-refractivity contribution >= 4 is 50.2 Å². The van der Waals surface area contributed by atoms with Gasteiger partial charge in [-0.3, -0.25) is 4.79 Å². The maximum absolute atomic E-state index is 12.9. The minimum atomic E-state index is -4.41. The number of halogens is 4. The Balaban J connectivity index is 1.41. The minimum Gasteiger partial charge on any atom is -0.349 e. The number of hydrogen-bond donors (Lipinski definition) is 1. The molecule has 174 valence electrons. The van der Waals surface area contributed by atoms with Crippen LogP contribution in [-0.4, -0.2) is 36.2 Å². The fourth-order valence-electron chi connectivity index (χ4n) is 3.13. The van der Waals surface area contributed by atoms with Crippen molar-refractivity contribution in [3.05, 3.63) is 69.5 Å². The Kier molecular flexibility index (Phi) is 6.65. The molecule has 1 atom stereocenters.